The van der Waals surface area contributed by atoms with Gasteiger partial charge in [0.2, 0.25) is 10.0 Å². The van der Waals surface area contributed by atoms with E-state index in [1.54, 1.807) is 31.3 Å². The molecule has 1 N–H and O–H groups in total. The SMILES string of the molecule is CN(C(=O)COC(=O)CNS(=O)(=O)c1ccc(Cl)c(Cl)c1)c1ccccc1. The van der Waals surface area contributed by atoms with Crippen molar-refractivity contribution in [3.8, 4) is 0 Å². The molecule has 7 nitrogen and oxygen atoms in total. The summed E-state index contributed by atoms with van der Waals surface area (Å²) in [5, 5.41) is 0.271. The molecule has 0 saturated carbocycles. The highest BCUT2D eigenvalue weighted by Crippen LogP contribution is 2.24. The third-order valence-electron chi connectivity index (χ3n) is 3.48. The maximum Gasteiger partial charge on any atom is 0.321 e. The summed E-state index contributed by atoms with van der Waals surface area (Å²) in [6, 6.07) is 12.5. The van der Waals surface area contributed by atoms with Gasteiger partial charge in [-0.05, 0) is 30.3 Å². The lowest BCUT2D eigenvalue weighted by atomic mass is 10.3. The van der Waals surface area contributed by atoms with E-state index in [9.17, 15) is 18.0 Å². The number of sulfonamides is 1. The van der Waals surface area contributed by atoms with Crippen LogP contribution in [-0.2, 0) is 24.3 Å². The molecular formula is C17H16Cl2N2O5S. The number of carbonyl (C=O) groups is 2. The first-order valence-electron chi connectivity index (χ1n) is 7.62. The predicted molar refractivity (Wildman–Crippen MR) is 102 cm³/mol. The first kappa shape index (κ1) is 21.2. The van der Waals surface area contributed by atoms with E-state index < -0.39 is 35.1 Å². The molecule has 1 amide bonds. The highest BCUT2D eigenvalue weighted by molar-refractivity contribution is 7.89. The average molecular weight is 431 g/mol. The van der Waals surface area contributed by atoms with E-state index >= 15 is 0 Å². The molecule has 2 rings (SSSR count). The molecule has 0 fully saturated rings. The van der Waals surface area contributed by atoms with Gasteiger partial charge in [0.15, 0.2) is 6.61 Å². The van der Waals surface area contributed by atoms with Crippen LogP contribution in [0.2, 0.25) is 10.0 Å². The number of hydrogen-bond acceptors (Lipinski definition) is 5. The molecule has 144 valence electrons. The molecule has 0 unspecified atom stereocenters. The van der Waals surface area contributed by atoms with Crippen molar-refractivity contribution < 1.29 is 22.7 Å². The number of hydrogen-bond donors (Lipinski definition) is 1. The Morgan fingerprint density at radius 1 is 1.07 bits per heavy atom. The topological polar surface area (TPSA) is 92.8 Å². The summed E-state index contributed by atoms with van der Waals surface area (Å²) in [6.07, 6.45) is 0. The minimum atomic E-state index is -3.98. The Morgan fingerprint density at radius 2 is 1.74 bits per heavy atom. The number of halogens is 2. The van der Waals surface area contributed by atoms with Crippen LogP contribution in [0.15, 0.2) is 53.4 Å². The van der Waals surface area contributed by atoms with Gasteiger partial charge >= 0.3 is 5.97 Å². The van der Waals surface area contributed by atoms with Crippen molar-refractivity contribution in [1.29, 1.82) is 0 Å². The van der Waals surface area contributed by atoms with Crippen molar-refractivity contribution in [2.24, 2.45) is 0 Å². The molecule has 2 aromatic carbocycles. The van der Waals surface area contributed by atoms with Crippen LogP contribution in [0.5, 0.6) is 0 Å². The number of anilines is 1. The third kappa shape index (κ3) is 5.93. The van der Waals surface area contributed by atoms with E-state index in [0.717, 1.165) is 6.07 Å². The van der Waals surface area contributed by atoms with Gasteiger partial charge in [-0.1, -0.05) is 41.4 Å². The third-order valence-corrected chi connectivity index (χ3v) is 5.62. The minimum absolute atomic E-state index is 0.0664. The Labute approximate surface area is 166 Å². The molecule has 0 aliphatic heterocycles. The molecule has 0 heterocycles. The highest BCUT2D eigenvalue weighted by atomic mass is 35.5. The van der Waals surface area contributed by atoms with Crippen LogP contribution in [0.1, 0.15) is 0 Å². The standard InChI is InChI=1S/C17H16Cl2N2O5S/c1-21(12-5-3-2-4-6-12)16(22)11-26-17(23)10-20-27(24,25)13-7-8-14(18)15(19)9-13/h2-9,20H,10-11H2,1H3. The second kappa shape index (κ2) is 9.18. The number of para-hydroxylation sites is 1. The molecule has 2 aromatic rings. The fourth-order valence-electron chi connectivity index (χ4n) is 1.97. The molecule has 0 atom stereocenters. The van der Waals surface area contributed by atoms with Crippen LogP contribution in [0.3, 0.4) is 0 Å². The zero-order valence-electron chi connectivity index (χ0n) is 14.2. The maximum atomic E-state index is 12.1. The molecule has 0 aromatic heterocycles. The van der Waals surface area contributed by atoms with E-state index in [1.165, 1.54) is 17.0 Å². The first-order chi connectivity index (χ1) is 12.7. The predicted octanol–water partition coefficient (Wildman–Crippen LogP) is 2.48. The number of ether oxygens (including phenoxy) is 1. The molecule has 0 spiro atoms. The van der Waals surface area contributed by atoms with Gasteiger partial charge in [0.05, 0.1) is 14.9 Å². The van der Waals surface area contributed by atoms with E-state index in [4.69, 9.17) is 27.9 Å². The Bertz CT molecular complexity index is 936. The summed E-state index contributed by atoms with van der Waals surface area (Å²) >= 11 is 11.5. The summed E-state index contributed by atoms with van der Waals surface area (Å²) in [5.41, 5.74) is 0.638. The van der Waals surface area contributed by atoms with Crippen molar-refractivity contribution in [2.45, 2.75) is 4.90 Å². The average Bonchev–Trinajstić information content (AvgIpc) is 2.66. The van der Waals surface area contributed by atoms with E-state index in [0.29, 0.717) is 5.69 Å². The van der Waals surface area contributed by atoms with Crippen LogP contribution in [0, 0.1) is 0 Å². The molecule has 0 bridgehead atoms. The lowest BCUT2D eigenvalue weighted by Gasteiger charge is -2.17. The summed E-state index contributed by atoms with van der Waals surface area (Å²) in [7, 11) is -2.44. The summed E-state index contributed by atoms with van der Waals surface area (Å²) in [4.78, 5) is 24.9. The van der Waals surface area contributed by atoms with Gasteiger partial charge in [0.1, 0.15) is 6.54 Å². The number of carbonyl (C=O) groups excluding carboxylic acids is 2. The summed E-state index contributed by atoms with van der Waals surface area (Å²) in [5.74, 6) is -1.35. The largest absolute Gasteiger partial charge is 0.455 e. The Kier molecular flexibility index (Phi) is 7.20. The number of nitrogens with one attached hydrogen (secondary N) is 1. The van der Waals surface area contributed by atoms with Gasteiger partial charge in [-0.2, -0.15) is 4.72 Å². The number of amides is 1. The molecule has 27 heavy (non-hydrogen) atoms. The van der Waals surface area contributed by atoms with E-state index in [1.807, 2.05) is 6.07 Å². The zero-order chi connectivity index (χ0) is 20.0. The van der Waals surface area contributed by atoms with E-state index in [-0.39, 0.29) is 14.9 Å². The lowest BCUT2D eigenvalue weighted by molar-refractivity contribution is -0.146. The molecular weight excluding hydrogens is 415 g/mol. The van der Waals surface area contributed by atoms with Gasteiger partial charge in [-0.15, -0.1) is 0 Å². The fourth-order valence-corrected chi connectivity index (χ4v) is 3.32. The lowest BCUT2D eigenvalue weighted by Crippen LogP contribution is -2.34. The van der Waals surface area contributed by atoms with Gasteiger partial charge in [0, 0.05) is 12.7 Å². The molecule has 0 saturated heterocycles. The van der Waals surface area contributed by atoms with Crippen LogP contribution in [0.4, 0.5) is 5.69 Å². The van der Waals surface area contributed by atoms with Crippen LogP contribution in [0.25, 0.3) is 0 Å². The number of esters is 1. The maximum absolute atomic E-state index is 12.1. The highest BCUT2D eigenvalue weighted by Gasteiger charge is 2.18. The number of benzene rings is 2. The number of rotatable bonds is 7. The molecule has 0 radical (unpaired) electrons. The number of nitrogens with zero attached hydrogens (tertiary/aromatic N) is 1. The fraction of sp³-hybridized carbons (Fsp3) is 0.176. The molecule has 10 heteroatoms. The monoisotopic (exact) mass is 430 g/mol. The zero-order valence-corrected chi connectivity index (χ0v) is 16.5. The number of likely N-dealkylation sites (N-methyl/N-ethyl adjacent to an activating group) is 1. The molecule has 0 aliphatic carbocycles. The summed E-state index contributed by atoms with van der Waals surface area (Å²) < 4.78 is 31.2. The quantitative estimate of drug-likeness (QED) is 0.680. The van der Waals surface area contributed by atoms with Gasteiger partial charge < -0.3 is 9.64 Å². The Balaban J connectivity index is 1.86. The van der Waals surface area contributed by atoms with E-state index in [2.05, 4.69) is 4.72 Å². The smallest absolute Gasteiger partial charge is 0.321 e. The van der Waals surface area contributed by atoms with Crippen molar-refractivity contribution in [3.05, 3.63) is 58.6 Å². The molecule has 0 aliphatic rings. The van der Waals surface area contributed by atoms with Crippen molar-refractivity contribution >= 4 is 50.8 Å². The van der Waals surface area contributed by atoms with Crippen molar-refractivity contribution in [3.63, 3.8) is 0 Å². The second-order valence-corrected chi connectivity index (χ2v) is 7.93. The first-order valence-corrected chi connectivity index (χ1v) is 9.86. The van der Waals surface area contributed by atoms with Gasteiger partial charge in [0.25, 0.3) is 5.91 Å². The van der Waals surface area contributed by atoms with Gasteiger partial charge in [-0.3, -0.25) is 9.59 Å². The second-order valence-electron chi connectivity index (χ2n) is 5.35. The normalized spacial score (nSPS) is 11.1. The Morgan fingerprint density at radius 3 is 2.37 bits per heavy atom. The van der Waals surface area contributed by atoms with Gasteiger partial charge in [-0.25, -0.2) is 8.42 Å². The Hall–Kier alpha value is -2.13. The van der Waals surface area contributed by atoms with Crippen molar-refractivity contribution in [2.75, 3.05) is 25.1 Å². The minimum Gasteiger partial charge on any atom is -0.455 e. The summed E-state index contributed by atoms with van der Waals surface area (Å²) in [6.45, 7) is -1.15. The van der Waals surface area contributed by atoms with Crippen LogP contribution < -0.4 is 9.62 Å². The van der Waals surface area contributed by atoms with Crippen molar-refractivity contribution in [1.82, 2.24) is 4.72 Å². The van der Waals surface area contributed by atoms with Crippen LogP contribution in [-0.4, -0.2) is 40.5 Å². The van der Waals surface area contributed by atoms with Crippen LogP contribution >= 0.6 is 23.2 Å².